The van der Waals surface area contributed by atoms with E-state index in [2.05, 4.69) is 4.57 Å². The normalized spacial score (nSPS) is 11.2. The fourth-order valence-electron chi connectivity index (χ4n) is 1.85. The third kappa shape index (κ3) is 12.4. The van der Waals surface area contributed by atoms with Gasteiger partial charge in [-0.25, -0.2) is 9.13 Å². The molecule has 0 amide bonds. The topological polar surface area (TPSA) is 75.2 Å². The molecule has 0 aromatic carbocycles. The van der Waals surface area contributed by atoms with Gasteiger partial charge >= 0.3 is 0 Å². The standard InChI is InChI=1S/C16H31N2O6/c1-17-2-3-18(16-17)4-6-20-8-10-22-12-14-24-15-13-23-11-9-21-7-5-19/h2-3,16,19H,4-15H2,1H3/q+1. The molecule has 8 heteroatoms. The van der Waals surface area contributed by atoms with E-state index in [1.54, 1.807) is 0 Å². The largest absolute Gasteiger partial charge is 0.394 e. The summed E-state index contributed by atoms with van der Waals surface area (Å²) in [5, 5.41) is 8.51. The number of rotatable bonds is 17. The second-order valence-corrected chi connectivity index (χ2v) is 5.10. The highest BCUT2D eigenvalue weighted by atomic mass is 16.6. The minimum atomic E-state index is 0.0418. The van der Waals surface area contributed by atoms with E-state index < -0.39 is 0 Å². The van der Waals surface area contributed by atoms with Gasteiger partial charge < -0.3 is 28.8 Å². The fraction of sp³-hybridized carbons (Fsp3) is 0.812. The number of hydrogen-bond donors (Lipinski definition) is 1. The Labute approximate surface area is 143 Å². The highest BCUT2D eigenvalue weighted by Gasteiger charge is 1.99. The van der Waals surface area contributed by atoms with E-state index in [9.17, 15) is 0 Å². The molecule has 1 N–H and O–H groups in total. The first-order valence-electron chi connectivity index (χ1n) is 8.33. The molecule has 1 aromatic rings. The monoisotopic (exact) mass is 347 g/mol. The number of aliphatic hydroxyl groups excluding tert-OH is 1. The fourth-order valence-corrected chi connectivity index (χ4v) is 1.85. The number of aryl methyl sites for hydroxylation is 1. The summed E-state index contributed by atoms with van der Waals surface area (Å²) in [6.07, 6.45) is 6.03. The molecule has 1 heterocycles. The van der Waals surface area contributed by atoms with Crippen LogP contribution in [0.4, 0.5) is 0 Å². The van der Waals surface area contributed by atoms with Crippen LogP contribution in [-0.4, -0.2) is 82.3 Å². The Morgan fingerprint density at radius 1 is 0.750 bits per heavy atom. The molecule has 0 aliphatic heterocycles. The zero-order valence-corrected chi connectivity index (χ0v) is 14.6. The summed E-state index contributed by atoms with van der Waals surface area (Å²) >= 11 is 0. The van der Waals surface area contributed by atoms with Crippen molar-refractivity contribution < 1.29 is 33.4 Å². The summed E-state index contributed by atoms with van der Waals surface area (Å²) in [7, 11) is 1.99. The smallest absolute Gasteiger partial charge is 0.243 e. The molecule has 0 saturated heterocycles. The first-order valence-corrected chi connectivity index (χ1v) is 8.33. The average molecular weight is 347 g/mol. The van der Waals surface area contributed by atoms with Crippen LogP contribution in [0.15, 0.2) is 18.7 Å². The van der Waals surface area contributed by atoms with Crippen LogP contribution in [0.3, 0.4) is 0 Å². The second kappa shape index (κ2) is 15.5. The summed E-state index contributed by atoms with van der Waals surface area (Å²) in [6, 6.07) is 0. The summed E-state index contributed by atoms with van der Waals surface area (Å²) in [5.74, 6) is 0. The molecular weight excluding hydrogens is 316 g/mol. The van der Waals surface area contributed by atoms with Crippen LogP contribution in [0.25, 0.3) is 0 Å². The second-order valence-electron chi connectivity index (χ2n) is 5.10. The lowest BCUT2D eigenvalue weighted by molar-refractivity contribution is -0.671. The first kappa shape index (κ1) is 21.0. The number of aliphatic hydroxyl groups is 1. The Kier molecular flexibility index (Phi) is 13.6. The van der Waals surface area contributed by atoms with E-state index in [-0.39, 0.29) is 6.61 Å². The van der Waals surface area contributed by atoms with E-state index in [4.69, 9.17) is 28.8 Å². The van der Waals surface area contributed by atoms with Crippen molar-refractivity contribution in [3.05, 3.63) is 18.7 Å². The van der Waals surface area contributed by atoms with Gasteiger partial charge in [0.15, 0.2) is 0 Å². The molecule has 1 aromatic heterocycles. The predicted molar refractivity (Wildman–Crippen MR) is 86.8 cm³/mol. The summed E-state index contributed by atoms with van der Waals surface area (Å²) < 4.78 is 30.7. The van der Waals surface area contributed by atoms with Crippen molar-refractivity contribution in [1.82, 2.24) is 4.57 Å². The van der Waals surface area contributed by atoms with E-state index in [1.165, 1.54) is 0 Å². The van der Waals surface area contributed by atoms with Gasteiger partial charge in [-0.15, -0.1) is 0 Å². The van der Waals surface area contributed by atoms with E-state index in [0.717, 1.165) is 6.54 Å². The number of hydrogen-bond acceptors (Lipinski definition) is 6. The molecule has 0 bridgehead atoms. The zero-order chi connectivity index (χ0) is 17.3. The minimum absolute atomic E-state index is 0.0418. The maximum Gasteiger partial charge on any atom is 0.243 e. The Balaban J connectivity index is 1.70. The molecule has 0 unspecified atom stereocenters. The van der Waals surface area contributed by atoms with Crippen LogP contribution in [-0.2, 0) is 37.3 Å². The molecule has 0 saturated carbocycles. The van der Waals surface area contributed by atoms with Crippen LogP contribution in [0.2, 0.25) is 0 Å². The van der Waals surface area contributed by atoms with Crippen molar-refractivity contribution in [2.45, 2.75) is 6.54 Å². The highest BCUT2D eigenvalue weighted by Crippen LogP contribution is 1.87. The van der Waals surface area contributed by atoms with Crippen LogP contribution < -0.4 is 4.57 Å². The third-order valence-corrected chi connectivity index (χ3v) is 3.04. The van der Waals surface area contributed by atoms with Gasteiger partial charge in [0, 0.05) is 0 Å². The van der Waals surface area contributed by atoms with Gasteiger partial charge in [0.1, 0.15) is 18.9 Å². The van der Waals surface area contributed by atoms with Gasteiger partial charge in [-0.3, -0.25) is 0 Å². The molecule has 0 spiro atoms. The van der Waals surface area contributed by atoms with Crippen molar-refractivity contribution in [3.63, 3.8) is 0 Å². The van der Waals surface area contributed by atoms with Crippen LogP contribution in [0.1, 0.15) is 0 Å². The Bertz CT molecular complexity index is 388. The highest BCUT2D eigenvalue weighted by molar-refractivity contribution is 4.65. The first-order chi connectivity index (χ1) is 11.8. The number of imidazole rings is 1. The molecule has 0 fully saturated rings. The van der Waals surface area contributed by atoms with Crippen molar-refractivity contribution in [2.75, 3.05) is 72.7 Å². The lowest BCUT2D eigenvalue weighted by atomic mass is 10.6. The minimum Gasteiger partial charge on any atom is -0.394 e. The number of aromatic nitrogens is 2. The van der Waals surface area contributed by atoms with Gasteiger partial charge in [-0.2, -0.15) is 0 Å². The van der Waals surface area contributed by atoms with Crippen molar-refractivity contribution in [1.29, 1.82) is 0 Å². The summed E-state index contributed by atoms with van der Waals surface area (Å²) in [5.41, 5.74) is 0. The van der Waals surface area contributed by atoms with Gasteiger partial charge in [0.05, 0.1) is 79.7 Å². The molecule has 0 atom stereocenters. The van der Waals surface area contributed by atoms with Gasteiger partial charge in [-0.05, 0) is 0 Å². The molecule has 0 radical (unpaired) electrons. The van der Waals surface area contributed by atoms with Crippen molar-refractivity contribution in [2.24, 2.45) is 7.05 Å². The number of nitrogens with zero attached hydrogens (tertiary/aromatic N) is 2. The van der Waals surface area contributed by atoms with Crippen LogP contribution in [0, 0.1) is 0 Å². The molecule has 140 valence electrons. The molecule has 8 nitrogen and oxygen atoms in total. The maximum absolute atomic E-state index is 8.51. The summed E-state index contributed by atoms with van der Waals surface area (Å²) in [6.45, 7) is 6.24. The lowest BCUT2D eigenvalue weighted by Gasteiger charge is -2.07. The van der Waals surface area contributed by atoms with Gasteiger partial charge in [0.25, 0.3) is 0 Å². The average Bonchev–Trinajstić information content (AvgIpc) is 3.00. The maximum atomic E-state index is 8.51. The Morgan fingerprint density at radius 2 is 1.21 bits per heavy atom. The third-order valence-electron chi connectivity index (χ3n) is 3.04. The van der Waals surface area contributed by atoms with Gasteiger partial charge in [0.2, 0.25) is 6.33 Å². The zero-order valence-electron chi connectivity index (χ0n) is 14.6. The SMILES string of the molecule is C[n+]1ccn(CCOCCOCCOCCOCCOCCO)c1. The van der Waals surface area contributed by atoms with Crippen LogP contribution >= 0.6 is 0 Å². The van der Waals surface area contributed by atoms with E-state index in [1.807, 2.05) is 30.3 Å². The lowest BCUT2D eigenvalue weighted by Crippen LogP contribution is -2.24. The van der Waals surface area contributed by atoms with Gasteiger partial charge in [-0.1, -0.05) is 0 Å². The van der Waals surface area contributed by atoms with Crippen LogP contribution in [0.5, 0.6) is 0 Å². The molecular formula is C16H31N2O6+. The Morgan fingerprint density at radius 3 is 1.62 bits per heavy atom. The van der Waals surface area contributed by atoms with E-state index in [0.29, 0.717) is 66.1 Å². The quantitative estimate of drug-likeness (QED) is 0.299. The summed E-state index contributed by atoms with van der Waals surface area (Å²) in [4.78, 5) is 0. The molecule has 1 rings (SSSR count). The Hall–Kier alpha value is -1.03. The molecule has 24 heavy (non-hydrogen) atoms. The van der Waals surface area contributed by atoms with Crippen molar-refractivity contribution in [3.8, 4) is 0 Å². The number of ether oxygens (including phenoxy) is 5. The van der Waals surface area contributed by atoms with E-state index >= 15 is 0 Å². The molecule has 0 aliphatic carbocycles. The van der Waals surface area contributed by atoms with Crippen molar-refractivity contribution >= 4 is 0 Å². The molecule has 0 aliphatic rings. The predicted octanol–water partition coefficient (Wildman–Crippen LogP) is -0.612.